The highest BCUT2D eigenvalue weighted by atomic mass is 35.5. The number of hydrogen-bond donors (Lipinski definition) is 0. The minimum absolute atomic E-state index is 0.291. The van der Waals surface area contributed by atoms with Crippen LogP contribution in [-0.2, 0) is 5.88 Å². The maximum atomic E-state index is 13.3. The molecule has 0 fully saturated rings. The third-order valence-corrected chi connectivity index (χ3v) is 3.34. The number of thiophene rings is 1. The Morgan fingerprint density at radius 2 is 2.29 bits per heavy atom. The predicted octanol–water partition coefficient (Wildman–Crippen LogP) is 3.65. The molecule has 1 aromatic carbocycles. The van der Waals surface area contributed by atoms with Crippen LogP contribution < -0.4 is 0 Å². The van der Waals surface area contributed by atoms with E-state index >= 15 is 0 Å². The Bertz CT molecular complexity index is 527. The zero-order valence-electron chi connectivity index (χ0n) is 7.05. The summed E-state index contributed by atoms with van der Waals surface area (Å²) in [4.78, 5) is 0. The summed E-state index contributed by atoms with van der Waals surface area (Å²) in [6, 6.07) is 4.84. The molecule has 0 saturated carbocycles. The summed E-state index contributed by atoms with van der Waals surface area (Å²) in [5.41, 5.74) is 1.31. The molecule has 2 rings (SSSR count). The molecular formula is C10H5ClFNS. The quantitative estimate of drug-likeness (QED) is 0.680. The van der Waals surface area contributed by atoms with Crippen molar-refractivity contribution >= 4 is 33.0 Å². The molecule has 0 aliphatic rings. The zero-order valence-corrected chi connectivity index (χ0v) is 8.62. The van der Waals surface area contributed by atoms with Gasteiger partial charge in [0, 0.05) is 11.3 Å². The van der Waals surface area contributed by atoms with Crippen molar-refractivity contribution < 1.29 is 4.39 Å². The predicted molar refractivity (Wildman–Crippen MR) is 56.1 cm³/mol. The second kappa shape index (κ2) is 3.56. The number of nitriles is 1. The van der Waals surface area contributed by atoms with Gasteiger partial charge in [0.15, 0.2) is 0 Å². The van der Waals surface area contributed by atoms with Crippen molar-refractivity contribution in [3.05, 3.63) is 34.5 Å². The molecular weight excluding hydrogens is 221 g/mol. The van der Waals surface area contributed by atoms with E-state index in [4.69, 9.17) is 16.9 Å². The van der Waals surface area contributed by atoms with E-state index in [1.165, 1.54) is 23.5 Å². The smallest absolute Gasteiger partial charge is 0.141 e. The van der Waals surface area contributed by atoms with Gasteiger partial charge in [0.25, 0.3) is 0 Å². The Balaban J connectivity index is 2.90. The van der Waals surface area contributed by atoms with Gasteiger partial charge < -0.3 is 0 Å². The molecule has 0 amide bonds. The molecule has 0 N–H and O–H groups in total. The van der Waals surface area contributed by atoms with E-state index in [9.17, 15) is 4.39 Å². The highest BCUT2D eigenvalue weighted by Crippen LogP contribution is 2.31. The van der Waals surface area contributed by atoms with Gasteiger partial charge in [0.05, 0.1) is 16.3 Å². The SMILES string of the molecule is N#Cc1ccc(F)c2scc(CCl)c12. The summed E-state index contributed by atoms with van der Waals surface area (Å²) in [5.74, 6) is 0.0124. The molecule has 0 unspecified atom stereocenters. The molecule has 2 aromatic rings. The van der Waals surface area contributed by atoms with Gasteiger partial charge in [-0.3, -0.25) is 0 Å². The molecule has 0 atom stereocenters. The van der Waals surface area contributed by atoms with Gasteiger partial charge in [-0.05, 0) is 23.1 Å². The average molecular weight is 226 g/mol. The minimum atomic E-state index is -0.291. The lowest BCUT2D eigenvalue weighted by molar-refractivity contribution is 0.641. The molecule has 4 heteroatoms. The third kappa shape index (κ3) is 1.28. The van der Waals surface area contributed by atoms with E-state index in [2.05, 4.69) is 0 Å². The maximum absolute atomic E-state index is 13.3. The Kier molecular flexibility index (Phi) is 2.40. The summed E-state index contributed by atoms with van der Waals surface area (Å²) < 4.78 is 13.8. The van der Waals surface area contributed by atoms with Crippen LogP contribution in [0, 0.1) is 17.1 Å². The number of nitrogens with zero attached hydrogens (tertiary/aromatic N) is 1. The largest absolute Gasteiger partial charge is 0.205 e. The Morgan fingerprint density at radius 1 is 1.50 bits per heavy atom. The van der Waals surface area contributed by atoms with Gasteiger partial charge in [-0.25, -0.2) is 4.39 Å². The van der Waals surface area contributed by atoms with E-state index in [1.807, 2.05) is 6.07 Å². The summed E-state index contributed by atoms with van der Waals surface area (Å²) in [5, 5.41) is 11.3. The second-order valence-corrected chi connectivity index (χ2v) is 3.95. The molecule has 0 spiro atoms. The van der Waals surface area contributed by atoms with E-state index in [-0.39, 0.29) is 5.82 Å². The zero-order chi connectivity index (χ0) is 10.1. The molecule has 0 aliphatic carbocycles. The molecule has 1 heterocycles. The number of alkyl halides is 1. The topological polar surface area (TPSA) is 23.8 Å². The van der Waals surface area contributed by atoms with Crippen molar-refractivity contribution in [1.29, 1.82) is 5.26 Å². The number of rotatable bonds is 1. The van der Waals surface area contributed by atoms with Gasteiger partial charge in [0.2, 0.25) is 0 Å². The van der Waals surface area contributed by atoms with Gasteiger partial charge >= 0.3 is 0 Å². The molecule has 1 aromatic heterocycles. The highest BCUT2D eigenvalue weighted by Gasteiger charge is 2.11. The third-order valence-electron chi connectivity index (χ3n) is 2.01. The monoisotopic (exact) mass is 225 g/mol. The summed E-state index contributed by atoms with van der Waals surface area (Å²) in [7, 11) is 0. The average Bonchev–Trinajstić information content (AvgIpc) is 2.63. The molecule has 0 saturated heterocycles. The number of benzene rings is 1. The first-order valence-electron chi connectivity index (χ1n) is 3.92. The van der Waals surface area contributed by atoms with E-state index in [0.29, 0.717) is 21.5 Å². The Labute approximate surface area is 89.3 Å². The lowest BCUT2D eigenvalue weighted by atomic mass is 10.1. The maximum Gasteiger partial charge on any atom is 0.141 e. The van der Waals surface area contributed by atoms with Crippen molar-refractivity contribution in [2.45, 2.75) is 5.88 Å². The number of hydrogen-bond acceptors (Lipinski definition) is 2. The lowest BCUT2D eigenvalue weighted by Crippen LogP contribution is -1.83. The fourth-order valence-electron chi connectivity index (χ4n) is 1.37. The lowest BCUT2D eigenvalue weighted by Gasteiger charge is -1.97. The van der Waals surface area contributed by atoms with E-state index in [1.54, 1.807) is 5.38 Å². The van der Waals surface area contributed by atoms with E-state index < -0.39 is 0 Å². The fraction of sp³-hybridized carbons (Fsp3) is 0.100. The molecule has 70 valence electrons. The van der Waals surface area contributed by atoms with Crippen LogP contribution in [0.25, 0.3) is 10.1 Å². The van der Waals surface area contributed by atoms with Crippen LogP contribution in [0.4, 0.5) is 4.39 Å². The number of fused-ring (bicyclic) bond motifs is 1. The molecule has 0 bridgehead atoms. The fourth-order valence-corrected chi connectivity index (χ4v) is 2.67. The Morgan fingerprint density at radius 3 is 2.93 bits per heavy atom. The second-order valence-electron chi connectivity index (χ2n) is 2.81. The highest BCUT2D eigenvalue weighted by molar-refractivity contribution is 7.17. The van der Waals surface area contributed by atoms with Gasteiger partial charge in [0.1, 0.15) is 5.82 Å². The van der Waals surface area contributed by atoms with Crippen LogP contribution in [0.3, 0.4) is 0 Å². The van der Waals surface area contributed by atoms with Crippen molar-refractivity contribution in [3.8, 4) is 6.07 Å². The standard InChI is InChI=1S/C10H5ClFNS/c11-3-7-5-14-10-8(12)2-1-6(4-13)9(7)10/h1-2,5H,3H2. The van der Waals surface area contributed by atoms with Crippen molar-refractivity contribution in [1.82, 2.24) is 0 Å². The van der Waals surface area contributed by atoms with Gasteiger partial charge in [-0.2, -0.15) is 5.26 Å². The molecule has 0 aliphatic heterocycles. The van der Waals surface area contributed by atoms with Crippen LogP contribution in [0.1, 0.15) is 11.1 Å². The molecule has 14 heavy (non-hydrogen) atoms. The summed E-state index contributed by atoms with van der Waals surface area (Å²) >= 11 is 6.99. The van der Waals surface area contributed by atoms with Gasteiger partial charge in [-0.15, -0.1) is 22.9 Å². The summed E-state index contributed by atoms with van der Waals surface area (Å²) in [6.07, 6.45) is 0. The van der Waals surface area contributed by atoms with Crippen LogP contribution in [0.2, 0.25) is 0 Å². The van der Waals surface area contributed by atoms with Crippen LogP contribution in [0.15, 0.2) is 17.5 Å². The van der Waals surface area contributed by atoms with Crippen molar-refractivity contribution in [2.24, 2.45) is 0 Å². The van der Waals surface area contributed by atoms with Crippen LogP contribution in [-0.4, -0.2) is 0 Å². The minimum Gasteiger partial charge on any atom is -0.205 e. The Hall–Kier alpha value is -1.11. The molecule has 1 nitrogen and oxygen atoms in total. The summed E-state index contributed by atoms with van der Waals surface area (Å²) in [6.45, 7) is 0. The normalized spacial score (nSPS) is 10.4. The number of halogens is 2. The van der Waals surface area contributed by atoms with Crippen LogP contribution in [0.5, 0.6) is 0 Å². The van der Waals surface area contributed by atoms with Crippen molar-refractivity contribution in [2.75, 3.05) is 0 Å². The van der Waals surface area contributed by atoms with E-state index in [0.717, 1.165) is 5.56 Å². The first kappa shape index (κ1) is 9.45. The van der Waals surface area contributed by atoms with Crippen molar-refractivity contribution in [3.63, 3.8) is 0 Å². The first-order valence-corrected chi connectivity index (χ1v) is 5.34. The van der Waals surface area contributed by atoms with Gasteiger partial charge in [-0.1, -0.05) is 0 Å². The first-order chi connectivity index (χ1) is 6.77. The van der Waals surface area contributed by atoms with Crippen LogP contribution >= 0.6 is 22.9 Å². The molecule has 0 radical (unpaired) electrons.